The fourth-order valence-electron chi connectivity index (χ4n) is 4.58. The van der Waals surface area contributed by atoms with E-state index in [1.54, 1.807) is 14.2 Å². The van der Waals surface area contributed by atoms with Gasteiger partial charge in [-0.05, 0) is 53.9 Å². The zero-order valence-corrected chi connectivity index (χ0v) is 18.1. The van der Waals surface area contributed by atoms with Crippen LogP contribution in [0.2, 0.25) is 0 Å². The Morgan fingerprint density at radius 3 is 2.03 bits per heavy atom. The van der Waals surface area contributed by atoms with Gasteiger partial charge in [-0.1, -0.05) is 24.3 Å². The lowest BCUT2D eigenvalue weighted by molar-refractivity contribution is -0.132. The van der Waals surface area contributed by atoms with Crippen LogP contribution in [0.25, 0.3) is 21.8 Å². The van der Waals surface area contributed by atoms with Crippen molar-refractivity contribution in [2.45, 2.75) is 19.5 Å². The summed E-state index contributed by atoms with van der Waals surface area (Å²) in [7, 11) is 3.24. The van der Waals surface area contributed by atoms with E-state index in [1.807, 2.05) is 70.1 Å². The van der Waals surface area contributed by atoms with Crippen molar-refractivity contribution >= 4 is 27.7 Å². The maximum Gasteiger partial charge on any atom is 0.242 e. The number of para-hydroxylation sites is 2. The lowest BCUT2D eigenvalue weighted by atomic mass is 9.98. The molecule has 2 heterocycles. The van der Waals surface area contributed by atoms with E-state index in [0.29, 0.717) is 35.4 Å². The third-order valence-corrected chi connectivity index (χ3v) is 6.24. The van der Waals surface area contributed by atoms with E-state index in [2.05, 4.69) is 0 Å². The maximum absolute atomic E-state index is 13.4. The molecule has 0 saturated carbocycles. The summed E-state index contributed by atoms with van der Waals surface area (Å²) in [6.45, 7) is 1.33. The molecular formula is C26H24N2O4. The van der Waals surface area contributed by atoms with Crippen LogP contribution in [0.1, 0.15) is 11.1 Å². The Kier molecular flexibility index (Phi) is 5.05. The molecule has 1 aliphatic heterocycles. The molecule has 32 heavy (non-hydrogen) atoms. The predicted molar refractivity (Wildman–Crippen MR) is 124 cm³/mol. The Labute approximate surface area is 185 Å². The van der Waals surface area contributed by atoms with Crippen LogP contribution in [0.5, 0.6) is 11.5 Å². The van der Waals surface area contributed by atoms with Crippen LogP contribution >= 0.6 is 0 Å². The molecule has 1 aliphatic rings. The number of carbonyl (C=O) groups is 1. The Hall–Kier alpha value is -3.80. The fraction of sp³-hybridized carbons (Fsp3) is 0.231. The van der Waals surface area contributed by atoms with Gasteiger partial charge in [0.25, 0.3) is 0 Å². The van der Waals surface area contributed by atoms with Crippen LogP contribution in [0.3, 0.4) is 0 Å². The van der Waals surface area contributed by atoms with Gasteiger partial charge in [-0.2, -0.15) is 0 Å². The molecule has 0 aliphatic carbocycles. The Morgan fingerprint density at radius 1 is 0.875 bits per heavy atom. The van der Waals surface area contributed by atoms with Crippen LogP contribution < -0.4 is 14.9 Å². The van der Waals surface area contributed by atoms with Gasteiger partial charge in [-0.3, -0.25) is 9.59 Å². The normalized spacial score (nSPS) is 13.2. The second kappa shape index (κ2) is 8.04. The molecule has 1 aromatic heterocycles. The summed E-state index contributed by atoms with van der Waals surface area (Å²) in [6.07, 6.45) is 0.757. The lowest BCUT2D eigenvalue weighted by Crippen LogP contribution is -2.38. The third-order valence-electron chi connectivity index (χ3n) is 6.24. The van der Waals surface area contributed by atoms with Crippen molar-refractivity contribution < 1.29 is 14.3 Å². The molecule has 3 aromatic carbocycles. The minimum Gasteiger partial charge on any atom is -0.493 e. The summed E-state index contributed by atoms with van der Waals surface area (Å²) in [6, 6.07) is 18.9. The smallest absolute Gasteiger partial charge is 0.242 e. The molecule has 6 heteroatoms. The van der Waals surface area contributed by atoms with E-state index >= 15 is 0 Å². The van der Waals surface area contributed by atoms with E-state index in [4.69, 9.17) is 9.47 Å². The van der Waals surface area contributed by atoms with E-state index in [9.17, 15) is 9.59 Å². The molecule has 0 bridgehead atoms. The highest BCUT2D eigenvalue weighted by atomic mass is 16.5. The minimum atomic E-state index is -0.00663. The van der Waals surface area contributed by atoms with Crippen LogP contribution in [0.15, 0.2) is 65.5 Å². The van der Waals surface area contributed by atoms with Crippen molar-refractivity contribution in [2.75, 3.05) is 20.8 Å². The molecule has 0 spiro atoms. The number of aromatic nitrogens is 1. The number of pyridine rings is 1. The predicted octanol–water partition coefficient (Wildman–Crippen LogP) is 3.76. The van der Waals surface area contributed by atoms with Crippen LogP contribution in [-0.2, 0) is 24.3 Å². The highest BCUT2D eigenvalue weighted by Crippen LogP contribution is 2.33. The van der Waals surface area contributed by atoms with E-state index in [-0.39, 0.29) is 17.9 Å². The fourth-order valence-corrected chi connectivity index (χ4v) is 4.58. The number of nitrogens with zero attached hydrogens (tertiary/aromatic N) is 2. The van der Waals surface area contributed by atoms with Gasteiger partial charge in [0.05, 0.1) is 25.3 Å². The second-order valence-electron chi connectivity index (χ2n) is 7.99. The van der Waals surface area contributed by atoms with Gasteiger partial charge in [0, 0.05) is 23.9 Å². The summed E-state index contributed by atoms with van der Waals surface area (Å²) >= 11 is 0. The number of rotatable bonds is 4. The summed E-state index contributed by atoms with van der Waals surface area (Å²) < 4.78 is 12.8. The molecule has 4 aromatic rings. The first kappa shape index (κ1) is 20.1. The zero-order valence-electron chi connectivity index (χ0n) is 18.1. The molecule has 162 valence electrons. The number of methoxy groups -OCH3 is 2. The highest BCUT2D eigenvalue weighted by Gasteiger charge is 2.24. The number of amides is 1. The standard InChI is InChI=1S/C26H24N2O4/c1-31-23-13-17-11-12-27(15-18(17)14-24(23)32-2)25(29)16-28-21-9-5-3-7-19(21)26(30)20-8-4-6-10-22(20)28/h3-10,13-14H,11-12,15-16H2,1-2H3. The first-order valence-electron chi connectivity index (χ1n) is 10.6. The summed E-state index contributed by atoms with van der Waals surface area (Å²) in [4.78, 5) is 28.2. The Balaban J connectivity index is 1.51. The number of carbonyl (C=O) groups excluding carboxylic acids is 1. The number of fused-ring (bicyclic) bond motifs is 3. The van der Waals surface area contributed by atoms with Crippen molar-refractivity contribution in [3.63, 3.8) is 0 Å². The van der Waals surface area contributed by atoms with Crippen LogP contribution in [0, 0.1) is 0 Å². The Morgan fingerprint density at radius 2 is 1.44 bits per heavy atom. The lowest BCUT2D eigenvalue weighted by Gasteiger charge is -2.30. The third kappa shape index (κ3) is 3.28. The van der Waals surface area contributed by atoms with Crippen LogP contribution in [0.4, 0.5) is 0 Å². The summed E-state index contributed by atoms with van der Waals surface area (Å²) in [5.41, 5.74) is 3.78. The number of ether oxygens (including phenoxy) is 2. The molecule has 6 nitrogen and oxygen atoms in total. The first-order valence-corrected chi connectivity index (χ1v) is 10.6. The van der Waals surface area contributed by atoms with Crippen molar-refractivity contribution in [3.8, 4) is 11.5 Å². The molecule has 0 atom stereocenters. The van der Waals surface area contributed by atoms with E-state index in [0.717, 1.165) is 23.0 Å². The van der Waals surface area contributed by atoms with Gasteiger partial charge in [0.15, 0.2) is 16.9 Å². The summed E-state index contributed by atoms with van der Waals surface area (Å²) in [5, 5.41) is 1.25. The van der Waals surface area contributed by atoms with Crippen molar-refractivity contribution in [3.05, 3.63) is 82.0 Å². The van der Waals surface area contributed by atoms with Crippen molar-refractivity contribution in [1.82, 2.24) is 9.47 Å². The van der Waals surface area contributed by atoms with Gasteiger partial charge < -0.3 is 18.9 Å². The molecule has 0 saturated heterocycles. The molecule has 5 rings (SSSR count). The maximum atomic E-state index is 13.4. The average Bonchev–Trinajstić information content (AvgIpc) is 2.85. The van der Waals surface area contributed by atoms with Gasteiger partial charge in [-0.15, -0.1) is 0 Å². The number of hydrogen-bond acceptors (Lipinski definition) is 4. The van der Waals surface area contributed by atoms with Crippen LogP contribution in [-0.4, -0.2) is 36.1 Å². The molecule has 0 unspecified atom stereocenters. The molecule has 0 radical (unpaired) electrons. The van der Waals surface area contributed by atoms with Crippen molar-refractivity contribution in [1.29, 1.82) is 0 Å². The zero-order chi connectivity index (χ0) is 22.2. The molecule has 0 N–H and O–H groups in total. The van der Waals surface area contributed by atoms with E-state index in [1.165, 1.54) is 5.56 Å². The summed E-state index contributed by atoms with van der Waals surface area (Å²) in [5.74, 6) is 1.39. The SMILES string of the molecule is COc1cc2c(cc1OC)CN(C(=O)Cn1c3ccccc3c(=O)c3ccccc31)CC2. The number of hydrogen-bond donors (Lipinski definition) is 0. The molecular weight excluding hydrogens is 404 g/mol. The van der Waals surface area contributed by atoms with Crippen molar-refractivity contribution in [2.24, 2.45) is 0 Å². The first-order chi connectivity index (χ1) is 15.6. The highest BCUT2D eigenvalue weighted by molar-refractivity contribution is 5.94. The largest absolute Gasteiger partial charge is 0.493 e. The quantitative estimate of drug-likeness (QED) is 0.465. The van der Waals surface area contributed by atoms with Gasteiger partial charge >= 0.3 is 0 Å². The van der Waals surface area contributed by atoms with E-state index < -0.39 is 0 Å². The molecule has 0 fully saturated rings. The van der Waals surface area contributed by atoms with Gasteiger partial charge in [0.1, 0.15) is 6.54 Å². The Bertz CT molecular complexity index is 1350. The average molecular weight is 428 g/mol. The number of benzene rings is 3. The minimum absolute atomic E-state index is 0.00663. The second-order valence-corrected chi connectivity index (χ2v) is 7.99. The molecule has 1 amide bonds. The van der Waals surface area contributed by atoms with Gasteiger partial charge in [0.2, 0.25) is 5.91 Å². The monoisotopic (exact) mass is 428 g/mol. The van der Waals surface area contributed by atoms with Gasteiger partial charge in [-0.25, -0.2) is 0 Å². The topological polar surface area (TPSA) is 60.8 Å².